The number of hydrogen-bond acceptors (Lipinski definition) is 3. The molecule has 0 bridgehead atoms. The second-order valence-electron chi connectivity index (χ2n) is 3.67. The Hall–Kier alpha value is -1.08. The minimum absolute atomic E-state index is 0.0918. The van der Waals surface area contributed by atoms with E-state index in [2.05, 4.69) is 11.4 Å². The summed E-state index contributed by atoms with van der Waals surface area (Å²) in [6.07, 6.45) is 2.77. The predicted octanol–water partition coefficient (Wildman–Crippen LogP) is 1.21. The normalized spacial score (nSPS) is 10.8. The fraction of sp³-hybridized carbons (Fsp3) is 0.818. The molecule has 0 radical (unpaired) electrons. The fourth-order valence-electron chi connectivity index (χ4n) is 1.71. The first-order valence-electron chi connectivity index (χ1n) is 5.47. The lowest BCUT2D eigenvalue weighted by atomic mass is 9.80. The van der Waals surface area contributed by atoms with Crippen molar-refractivity contribution in [2.75, 3.05) is 13.2 Å². The van der Waals surface area contributed by atoms with Crippen LogP contribution in [0.3, 0.4) is 0 Å². The molecule has 4 nitrogen and oxygen atoms in total. The maximum Gasteiger partial charge on any atom is 0.240 e. The number of hydrogen-bond donors (Lipinski definition) is 2. The SMILES string of the molecule is CCCC(C#N)(CCC)C(=O)NCCO. The topological polar surface area (TPSA) is 73.1 Å². The van der Waals surface area contributed by atoms with Gasteiger partial charge in [0.15, 0.2) is 0 Å². The second-order valence-corrected chi connectivity index (χ2v) is 3.67. The highest BCUT2D eigenvalue weighted by Crippen LogP contribution is 2.29. The van der Waals surface area contributed by atoms with Gasteiger partial charge in [0, 0.05) is 6.54 Å². The number of aliphatic hydroxyl groups is 1. The third-order valence-electron chi connectivity index (χ3n) is 2.40. The summed E-state index contributed by atoms with van der Waals surface area (Å²) in [5.74, 6) is -0.247. The molecule has 1 amide bonds. The van der Waals surface area contributed by atoms with Crippen LogP contribution in [-0.4, -0.2) is 24.2 Å². The van der Waals surface area contributed by atoms with Gasteiger partial charge in [-0.15, -0.1) is 0 Å². The van der Waals surface area contributed by atoms with E-state index in [1.54, 1.807) is 0 Å². The van der Waals surface area contributed by atoms with E-state index in [4.69, 9.17) is 10.4 Å². The number of rotatable bonds is 7. The van der Waals surface area contributed by atoms with Gasteiger partial charge < -0.3 is 10.4 Å². The molecule has 0 aromatic carbocycles. The van der Waals surface area contributed by atoms with Crippen molar-refractivity contribution in [1.29, 1.82) is 5.26 Å². The lowest BCUT2D eigenvalue weighted by Gasteiger charge is -2.24. The van der Waals surface area contributed by atoms with Gasteiger partial charge in [-0.05, 0) is 12.8 Å². The van der Waals surface area contributed by atoms with Gasteiger partial charge in [-0.1, -0.05) is 26.7 Å². The Kier molecular flexibility index (Phi) is 6.72. The number of nitriles is 1. The Morgan fingerprint density at radius 1 is 1.40 bits per heavy atom. The maximum absolute atomic E-state index is 11.8. The summed E-state index contributed by atoms with van der Waals surface area (Å²) in [5, 5.41) is 20.3. The van der Waals surface area contributed by atoms with Gasteiger partial charge in [0.25, 0.3) is 0 Å². The zero-order valence-electron chi connectivity index (χ0n) is 9.55. The van der Waals surface area contributed by atoms with Crippen molar-refractivity contribution in [3.63, 3.8) is 0 Å². The van der Waals surface area contributed by atoms with E-state index in [1.807, 2.05) is 13.8 Å². The molecule has 4 heteroatoms. The summed E-state index contributed by atoms with van der Waals surface area (Å²) < 4.78 is 0. The van der Waals surface area contributed by atoms with Gasteiger partial charge in [-0.3, -0.25) is 4.79 Å². The van der Waals surface area contributed by atoms with Crippen molar-refractivity contribution in [2.45, 2.75) is 39.5 Å². The molecule has 86 valence electrons. The van der Waals surface area contributed by atoms with Crippen molar-refractivity contribution in [3.05, 3.63) is 0 Å². The molecule has 0 rings (SSSR count). The maximum atomic E-state index is 11.8. The number of carbonyl (C=O) groups is 1. The van der Waals surface area contributed by atoms with Crippen molar-refractivity contribution in [2.24, 2.45) is 5.41 Å². The summed E-state index contributed by atoms with van der Waals surface area (Å²) in [6.45, 7) is 4.04. The van der Waals surface area contributed by atoms with Crippen LogP contribution in [0.5, 0.6) is 0 Å². The molecule has 2 N–H and O–H groups in total. The van der Waals surface area contributed by atoms with Crippen LogP contribution in [0.4, 0.5) is 0 Å². The molecular weight excluding hydrogens is 192 g/mol. The van der Waals surface area contributed by atoms with E-state index in [9.17, 15) is 4.79 Å². The van der Waals surface area contributed by atoms with Crippen LogP contribution >= 0.6 is 0 Å². The van der Waals surface area contributed by atoms with Crippen LogP contribution in [0.15, 0.2) is 0 Å². The molecule has 0 aliphatic rings. The first-order valence-corrected chi connectivity index (χ1v) is 5.47. The van der Waals surface area contributed by atoms with Crippen LogP contribution < -0.4 is 5.32 Å². The molecule has 0 aliphatic heterocycles. The summed E-state index contributed by atoms with van der Waals surface area (Å²) >= 11 is 0. The van der Waals surface area contributed by atoms with Gasteiger partial charge in [0.05, 0.1) is 12.7 Å². The summed E-state index contributed by atoms with van der Waals surface area (Å²) in [6, 6.07) is 2.13. The quantitative estimate of drug-likeness (QED) is 0.666. The van der Waals surface area contributed by atoms with Crippen LogP contribution in [0, 0.1) is 16.7 Å². The average Bonchev–Trinajstić information content (AvgIpc) is 2.25. The fourth-order valence-corrected chi connectivity index (χ4v) is 1.71. The zero-order chi connectivity index (χ0) is 11.7. The van der Waals surface area contributed by atoms with Gasteiger partial charge in [0.1, 0.15) is 5.41 Å². The lowest BCUT2D eigenvalue weighted by molar-refractivity contribution is -0.129. The second kappa shape index (κ2) is 7.24. The molecule has 15 heavy (non-hydrogen) atoms. The van der Waals surface area contributed by atoms with Gasteiger partial charge in [0.2, 0.25) is 5.91 Å². The van der Waals surface area contributed by atoms with Crippen molar-refractivity contribution < 1.29 is 9.90 Å². The molecule has 0 aromatic rings. The molecule has 0 unspecified atom stereocenters. The monoisotopic (exact) mass is 212 g/mol. The highest BCUT2D eigenvalue weighted by atomic mass is 16.3. The van der Waals surface area contributed by atoms with Crippen LogP contribution in [-0.2, 0) is 4.79 Å². The van der Waals surface area contributed by atoms with E-state index in [1.165, 1.54) is 0 Å². The van der Waals surface area contributed by atoms with Crippen LogP contribution in [0.1, 0.15) is 39.5 Å². The minimum atomic E-state index is -0.904. The Labute approximate surface area is 91.3 Å². The highest BCUT2D eigenvalue weighted by Gasteiger charge is 2.36. The molecule has 0 saturated heterocycles. The molecule has 0 heterocycles. The summed E-state index contributed by atoms with van der Waals surface area (Å²) in [7, 11) is 0. The highest BCUT2D eigenvalue weighted by molar-refractivity contribution is 5.85. The third-order valence-corrected chi connectivity index (χ3v) is 2.40. The predicted molar refractivity (Wildman–Crippen MR) is 58.0 cm³/mol. The van der Waals surface area contributed by atoms with Crippen molar-refractivity contribution >= 4 is 5.91 Å². The number of nitrogens with one attached hydrogen (secondary N) is 1. The number of nitrogens with zero attached hydrogens (tertiary/aromatic N) is 1. The zero-order valence-corrected chi connectivity index (χ0v) is 9.55. The molecule has 0 atom stereocenters. The van der Waals surface area contributed by atoms with Gasteiger partial charge in [-0.25, -0.2) is 0 Å². The summed E-state index contributed by atoms with van der Waals surface area (Å²) in [5.41, 5.74) is -0.904. The summed E-state index contributed by atoms with van der Waals surface area (Å²) in [4.78, 5) is 11.8. The molecular formula is C11H20N2O2. The molecule has 0 fully saturated rings. The molecule has 0 aromatic heterocycles. The Morgan fingerprint density at radius 3 is 2.27 bits per heavy atom. The van der Waals surface area contributed by atoms with E-state index in [0.717, 1.165) is 12.8 Å². The Balaban J connectivity index is 4.58. The first kappa shape index (κ1) is 13.9. The van der Waals surface area contributed by atoms with E-state index >= 15 is 0 Å². The lowest BCUT2D eigenvalue weighted by Crippen LogP contribution is -2.41. The van der Waals surface area contributed by atoms with Crippen LogP contribution in [0.2, 0.25) is 0 Å². The average molecular weight is 212 g/mol. The Bertz CT molecular complexity index is 227. The van der Waals surface area contributed by atoms with Gasteiger partial charge >= 0.3 is 0 Å². The van der Waals surface area contributed by atoms with Crippen molar-refractivity contribution in [3.8, 4) is 6.07 Å². The van der Waals surface area contributed by atoms with E-state index < -0.39 is 5.41 Å². The number of carbonyl (C=O) groups excluding carboxylic acids is 1. The molecule has 0 spiro atoms. The minimum Gasteiger partial charge on any atom is -0.395 e. The largest absolute Gasteiger partial charge is 0.395 e. The van der Waals surface area contributed by atoms with Crippen molar-refractivity contribution in [1.82, 2.24) is 5.32 Å². The van der Waals surface area contributed by atoms with Gasteiger partial charge in [-0.2, -0.15) is 5.26 Å². The smallest absolute Gasteiger partial charge is 0.240 e. The number of aliphatic hydroxyl groups excluding tert-OH is 1. The third kappa shape index (κ3) is 3.88. The number of amides is 1. The Morgan fingerprint density at radius 2 is 1.93 bits per heavy atom. The first-order chi connectivity index (χ1) is 7.16. The molecule has 0 aliphatic carbocycles. The van der Waals surface area contributed by atoms with Crippen LogP contribution in [0.25, 0.3) is 0 Å². The standard InChI is InChI=1S/C11H20N2O2/c1-3-5-11(9-12,6-4-2)10(15)13-7-8-14/h14H,3-8H2,1-2H3,(H,13,15). The molecule has 0 saturated carbocycles. The van der Waals surface area contributed by atoms with E-state index in [-0.39, 0.29) is 19.1 Å². The van der Waals surface area contributed by atoms with E-state index in [0.29, 0.717) is 12.8 Å².